The van der Waals surface area contributed by atoms with Gasteiger partial charge in [-0.1, -0.05) is 36.4 Å². The van der Waals surface area contributed by atoms with Gasteiger partial charge in [-0.3, -0.25) is 10.2 Å². The summed E-state index contributed by atoms with van der Waals surface area (Å²) < 4.78 is 50.7. The summed E-state index contributed by atoms with van der Waals surface area (Å²) in [6.07, 6.45) is -3.58. The Labute approximate surface area is 197 Å². The number of benzene rings is 2. The predicted molar refractivity (Wildman–Crippen MR) is 124 cm³/mol. The number of hydrogen-bond donors (Lipinski definition) is 1. The molecule has 0 spiro atoms. The molecule has 0 saturated carbocycles. The van der Waals surface area contributed by atoms with E-state index in [-0.39, 0.29) is 28.6 Å². The van der Waals surface area contributed by atoms with Crippen molar-refractivity contribution >= 4 is 39.8 Å². The molecule has 0 aliphatic carbocycles. The third-order valence-corrected chi connectivity index (χ3v) is 5.80. The first-order valence-electron chi connectivity index (χ1n) is 10.2. The molecule has 2 aromatic rings. The van der Waals surface area contributed by atoms with E-state index < -0.39 is 23.0 Å². The zero-order valence-electron chi connectivity index (χ0n) is 18.1. The molecule has 2 heterocycles. The van der Waals surface area contributed by atoms with Gasteiger partial charge in [0.15, 0.2) is 17.3 Å². The first-order valence-corrected chi connectivity index (χ1v) is 11.0. The fourth-order valence-corrected chi connectivity index (χ4v) is 3.99. The number of carbonyl (C=O) groups is 1. The maximum Gasteiger partial charge on any atom is 0.441 e. The molecule has 4 rings (SSSR count). The molecule has 0 saturated heterocycles. The number of thioether (sulfide) groups is 1. The van der Waals surface area contributed by atoms with Gasteiger partial charge in [-0.15, -0.1) is 0 Å². The van der Waals surface area contributed by atoms with Gasteiger partial charge in [0.1, 0.15) is 6.10 Å². The van der Waals surface area contributed by atoms with Crippen molar-refractivity contribution in [2.75, 3.05) is 6.61 Å². The fourth-order valence-electron chi connectivity index (χ4n) is 3.24. The zero-order valence-corrected chi connectivity index (χ0v) is 18.9. The van der Waals surface area contributed by atoms with E-state index in [1.165, 1.54) is 6.08 Å². The van der Waals surface area contributed by atoms with E-state index in [1.807, 2.05) is 44.2 Å². The van der Waals surface area contributed by atoms with E-state index in [1.54, 1.807) is 18.2 Å². The zero-order chi connectivity index (χ0) is 24.5. The van der Waals surface area contributed by atoms with E-state index in [0.717, 1.165) is 5.56 Å². The summed E-state index contributed by atoms with van der Waals surface area (Å²) in [5, 5.41) is 10.9. The number of amidine groups is 2. The smallest absolute Gasteiger partial charge is 0.441 e. The Morgan fingerprint density at radius 2 is 1.91 bits per heavy atom. The van der Waals surface area contributed by atoms with Crippen LogP contribution in [0.5, 0.6) is 11.5 Å². The molecule has 0 bridgehead atoms. The number of amides is 1. The minimum absolute atomic E-state index is 0.190. The van der Waals surface area contributed by atoms with Crippen LogP contribution in [0.15, 0.2) is 64.2 Å². The van der Waals surface area contributed by atoms with Crippen LogP contribution in [0, 0.1) is 5.41 Å². The standard InChI is InChI=1S/C23H19F3N4O3S/c1-3-32-18-12-14(9-10-17(18)33-13(2)15-7-5-4-6-8-15)11-16-19(27)30-22(28-20(16)31)34-21(29-30)23(24,25)26/h4-13,27H,3H2,1-2H3/b16-11-,27-19?. The number of ether oxygens (including phenoxy) is 2. The summed E-state index contributed by atoms with van der Waals surface area (Å²) in [6, 6.07) is 14.6. The van der Waals surface area contributed by atoms with E-state index in [4.69, 9.17) is 14.9 Å². The van der Waals surface area contributed by atoms with Crippen molar-refractivity contribution in [2.45, 2.75) is 26.1 Å². The molecule has 2 aliphatic rings. The second kappa shape index (κ2) is 9.34. The lowest BCUT2D eigenvalue weighted by atomic mass is 10.1. The molecule has 176 valence electrons. The molecule has 1 N–H and O–H groups in total. The number of hydrogen-bond acceptors (Lipinski definition) is 6. The van der Waals surface area contributed by atoms with Crippen molar-refractivity contribution in [3.63, 3.8) is 0 Å². The topological polar surface area (TPSA) is 87.3 Å². The van der Waals surface area contributed by atoms with Gasteiger partial charge in [-0.05, 0) is 54.9 Å². The van der Waals surface area contributed by atoms with Crippen molar-refractivity contribution < 1.29 is 27.4 Å². The highest BCUT2D eigenvalue weighted by Gasteiger charge is 2.46. The lowest BCUT2D eigenvalue weighted by Crippen LogP contribution is -2.35. The van der Waals surface area contributed by atoms with Gasteiger partial charge >= 0.3 is 6.18 Å². The average Bonchev–Trinajstić information content (AvgIpc) is 3.24. The predicted octanol–water partition coefficient (Wildman–Crippen LogP) is 5.41. The van der Waals surface area contributed by atoms with Crippen LogP contribution in [-0.2, 0) is 4.79 Å². The Kier molecular flexibility index (Phi) is 6.47. The SMILES string of the molecule is CCOc1cc(/C=C2/C(=N)N3N=C(C(F)(F)F)SC3=NC2=O)ccc1OC(C)c1ccccc1. The van der Waals surface area contributed by atoms with Gasteiger partial charge in [-0.25, -0.2) is 0 Å². The number of nitrogens with one attached hydrogen (secondary N) is 1. The molecule has 1 atom stereocenters. The van der Waals surface area contributed by atoms with Crippen LogP contribution in [0.2, 0.25) is 0 Å². The molecule has 0 radical (unpaired) electrons. The van der Waals surface area contributed by atoms with Gasteiger partial charge < -0.3 is 9.47 Å². The fraction of sp³-hybridized carbons (Fsp3) is 0.217. The van der Waals surface area contributed by atoms with Crippen LogP contribution in [0.3, 0.4) is 0 Å². The molecular weight excluding hydrogens is 469 g/mol. The molecule has 0 aromatic heterocycles. The Morgan fingerprint density at radius 3 is 2.59 bits per heavy atom. The number of rotatable bonds is 6. The molecule has 34 heavy (non-hydrogen) atoms. The molecule has 2 aliphatic heterocycles. The Hall–Kier alpha value is -3.60. The molecular formula is C23H19F3N4O3S. The third kappa shape index (κ3) is 4.84. The van der Waals surface area contributed by atoms with E-state index in [9.17, 15) is 18.0 Å². The number of aliphatic imine (C=N–C) groups is 1. The molecule has 2 aromatic carbocycles. The highest BCUT2D eigenvalue weighted by molar-refractivity contribution is 8.27. The summed E-state index contributed by atoms with van der Waals surface area (Å²) in [4.78, 5) is 16.1. The summed E-state index contributed by atoms with van der Waals surface area (Å²) in [5.74, 6) is -0.398. The molecule has 11 heteroatoms. The number of alkyl halides is 3. The van der Waals surface area contributed by atoms with E-state index >= 15 is 0 Å². The quantitative estimate of drug-likeness (QED) is 0.550. The molecule has 1 amide bonds. The van der Waals surface area contributed by atoms with Crippen LogP contribution in [0.25, 0.3) is 6.08 Å². The highest BCUT2D eigenvalue weighted by atomic mass is 32.2. The molecule has 1 unspecified atom stereocenters. The van der Waals surface area contributed by atoms with Crippen molar-refractivity contribution in [1.29, 1.82) is 5.41 Å². The Balaban J connectivity index is 1.61. The van der Waals surface area contributed by atoms with Gasteiger partial charge in [0.2, 0.25) is 10.2 Å². The monoisotopic (exact) mass is 488 g/mol. The third-order valence-electron chi connectivity index (χ3n) is 4.85. The Morgan fingerprint density at radius 1 is 1.18 bits per heavy atom. The maximum atomic E-state index is 13.0. The highest BCUT2D eigenvalue weighted by Crippen LogP contribution is 2.36. The van der Waals surface area contributed by atoms with Crippen LogP contribution in [0.1, 0.15) is 31.1 Å². The lowest BCUT2D eigenvalue weighted by molar-refractivity contribution is -0.114. The first-order chi connectivity index (χ1) is 16.2. The number of hydrazone groups is 1. The van der Waals surface area contributed by atoms with Crippen LogP contribution in [0.4, 0.5) is 13.2 Å². The normalized spacial score (nSPS) is 17.9. The molecule has 0 fully saturated rings. The van der Waals surface area contributed by atoms with Gasteiger partial charge in [0.05, 0.1) is 12.2 Å². The Bertz CT molecular complexity index is 1230. The average molecular weight is 488 g/mol. The number of carbonyl (C=O) groups excluding carboxylic acids is 1. The summed E-state index contributed by atoms with van der Waals surface area (Å²) in [5.41, 5.74) is 1.28. The second-order valence-electron chi connectivity index (χ2n) is 7.23. The van der Waals surface area contributed by atoms with Crippen molar-refractivity contribution in [3.8, 4) is 11.5 Å². The van der Waals surface area contributed by atoms with Gasteiger partial charge in [0.25, 0.3) is 5.91 Å². The summed E-state index contributed by atoms with van der Waals surface area (Å²) in [7, 11) is 0. The van der Waals surface area contributed by atoms with Gasteiger partial charge in [0, 0.05) is 0 Å². The van der Waals surface area contributed by atoms with E-state index in [0.29, 0.717) is 28.7 Å². The van der Waals surface area contributed by atoms with Crippen LogP contribution in [-0.4, -0.2) is 39.7 Å². The minimum atomic E-state index is -4.70. The van der Waals surface area contributed by atoms with Crippen molar-refractivity contribution in [1.82, 2.24) is 5.01 Å². The molecule has 7 nitrogen and oxygen atoms in total. The largest absolute Gasteiger partial charge is 0.490 e. The van der Waals surface area contributed by atoms with Crippen molar-refractivity contribution in [2.24, 2.45) is 10.1 Å². The second-order valence-corrected chi connectivity index (χ2v) is 8.19. The lowest BCUT2D eigenvalue weighted by Gasteiger charge is -2.20. The first kappa shape index (κ1) is 23.6. The van der Waals surface area contributed by atoms with Crippen molar-refractivity contribution in [3.05, 3.63) is 65.2 Å². The maximum absolute atomic E-state index is 13.0. The van der Waals surface area contributed by atoms with Gasteiger partial charge in [-0.2, -0.15) is 28.3 Å². The van der Waals surface area contributed by atoms with E-state index in [2.05, 4.69) is 10.1 Å². The minimum Gasteiger partial charge on any atom is -0.490 e. The number of nitrogens with zero attached hydrogens (tertiary/aromatic N) is 3. The number of halogens is 3. The van der Waals surface area contributed by atoms with Crippen LogP contribution < -0.4 is 9.47 Å². The summed E-state index contributed by atoms with van der Waals surface area (Å²) in [6.45, 7) is 4.08. The summed E-state index contributed by atoms with van der Waals surface area (Å²) >= 11 is 0.208. The number of fused-ring (bicyclic) bond motifs is 1. The van der Waals surface area contributed by atoms with Crippen LogP contribution >= 0.6 is 11.8 Å².